The molecule has 2 nitrogen and oxygen atoms in total. The van der Waals surface area contributed by atoms with Gasteiger partial charge in [-0.3, -0.25) is 0 Å². The molecule has 1 N–H and O–H groups in total. The highest BCUT2D eigenvalue weighted by Crippen LogP contribution is 2.07. The van der Waals surface area contributed by atoms with Crippen LogP contribution in [-0.4, -0.2) is 17.3 Å². The van der Waals surface area contributed by atoms with Gasteiger partial charge in [0.25, 0.3) is 0 Å². The van der Waals surface area contributed by atoms with Crippen molar-refractivity contribution in [3.05, 3.63) is 11.0 Å². The summed E-state index contributed by atoms with van der Waals surface area (Å²) in [5, 5.41) is 8.13. The van der Waals surface area contributed by atoms with E-state index in [0.29, 0.717) is 0 Å². The van der Waals surface area contributed by atoms with Crippen molar-refractivity contribution >= 4 is 17.7 Å². The first kappa shape index (κ1) is 7.56. The third-order valence-electron chi connectivity index (χ3n) is 0.649. The van der Waals surface area contributed by atoms with E-state index in [1.807, 2.05) is 6.26 Å². The lowest BCUT2D eigenvalue weighted by Crippen LogP contribution is -1.86. The van der Waals surface area contributed by atoms with Crippen molar-refractivity contribution in [3.8, 4) is 0 Å². The summed E-state index contributed by atoms with van der Waals surface area (Å²) < 4.78 is 0. The van der Waals surface area contributed by atoms with Crippen LogP contribution in [0.2, 0.25) is 0 Å². The van der Waals surface area contributed by atoms with Crippen LogP contribution in [0.5, 0.6) is 0 Å². The Labute approximate surface area is 52.6 Å². The average Bonchev–Trinajstić information content (AvgIpc) is 1.65. The van der Waals surface area contributed by atoms with Crippen molar-refractivity contribution in [2.24, 2.45) is 0 Å². The second kappa shape index (κ2) is 3.55. The highest BCUT2D eigenvalue weighted by Gasteiger charge is 1.88. The molecule has 8 heavy (non-hydrogen) atoms. The van der Waals surface area contributed by atoms with Gasteiger partial charge >= 0.3 is 5.97 Å². The maximum atomic E-state index is 9.88. The van der Waals surface area contributed by atoms with Crippen molar-refractivity contribution in [1.29, 1.82) is 0 Å². The van der Waals surface area contributed by atoms with Crippen molar-refractivity contribution in [1.82, 2.24) is 0 Å². The van der Waals surface area contributed by atoms with E-state index >= 15 is 0 Å². The molecule has 0 amide bonds. The predicted octanol–water partition coefficient (Wildman–Crippen LogP) is 1.34. The Hall–Kier alpha value is -0.440. The van der Waals surface area contributed by atoms with Crippen LogP contribution >= 0.6 is 11.8 Å². The Balaban J connectivity index is 3.75. The lowest BCUT2D eigenvalue weighted by atomic mass is 10.5. The molecule has 3 heteroatoms. The molecule has 0 aromatic heterocycles. The van der Waals surface area contributed by atoms with Gasteiger partial charge in [0.05, 0.1) is 0 Å². The molecule has 0 saturated carbocycles. The van der Waals surface area contributed by atoms with Gasteiger partial charge in [0, 0.05) is 6.08 Å². The van der Waals surface area contributed by atoms with Gasteiger partial charge in [-0.05, 0) is 18.1 Å². The third-order valence-corrected chi connectivity index (χ3v) is 1.41. The Bertz CT molecular complexity index is 118. The van der Waals surface area contributed by atoms with Crippen LogP contribution in [-0.2, 0) is 4.79 Å². The number of thioether (sulfide) groups is 1. The molecule has 0 atom stereocenters. The van der Waals surface area contributed by atoms with Crippen LogP contribution in [0.25, 0.3) is 0 Å². The molecule has 46 valence electrons. The first-order valence-electron chi connectivity index (χ1n) is 2.12. The summed E-state index contributed by atoms with van der Waals surface area (Å²) in [5.41, 5.74) is 0. The monoisotopic (exact) mass is 132 g/mol. The molecular formula is C5H8O2S. The van der Waals surface area contributed by atoms with Gasteiger partial charge in [-0.15, -0.1) is 11.8 Å². The van der Waals surface area contributed by atoms with Crippen LogP contribution in [0.15, 0.2) is 11.0 Å². The zero-order chi connectivity index (χ0) is 6.57. The number of hydrogen-bond donors (Lipinski definition) is 1. The number of allylic oxidation sites excluding steroid dienone is 1. The van der Waals surface area contributed by atoms with Gasteiger partial charge in [-0.1, -0.05) is 0 Å². The number of aliphatic carboxylic acids is 1. The molecule has 0 aliphatic rings. The van der Waals surface area contributed by atoms with E-state index < -0.39 is 5.97 Å². The molecule has 0 fully saturated rings. The SMILES string of the molecule is CS/C(C)=C/C(=O)O. The van der Waals surface area contributed by atoms with E-state index in [2.05, 4.69) is 0 Å². The van der Waals surface area contributed by atoms with Crippen molar-refractivity contribution < 1.29 is 9.90 Å². The molecule has 0 rings (SSSR count). The Kier molecular flexibility index (Phi) is 3.35. The highest BCUT2D eigenvalue weighted by atomic mass is 32.2. The number of carbonyl (C=O) groups is 1. The Morgan fingerprint density at radius 2 is 2.25 bits per heavy atom. The predicted molar refractivity (Wildman–Crippen MR) is 34.9 cm³/mol. The number of hydrogen-bond acceptors (Lipinski definition) is 2. The first-order chi connectivity index (χ1) is 3.66. The molecule has 0 spiro atoms. The normalized spacial score (nSPS) is 11.5. The maximum Gasteiger partial charge on any atom is 0.329 e. The van der Waals surface area contributed by atoms with Crippen LogP contribution in [0.3, 0.4) is 0 Å². The fourth-order valence-electron chi connectivity index (χ4n) is 0.233. The van der Waals surface area contributed by atoms with Gasteiger partial charge in [0.1, 0.15) is 0 Å². The standard InChI is InChI=1S/C5H8O2S/c1-4(8-2)3-5(6)7/h3H,1-2H3,(H,6,7)/b4-3+. The molecular weight excluding hydrogens is 124 g/mol. The topological polar surface area (TPSA) is 37.3 Å². The molecule has 0 aromatic carbocycles. The van der Waals surface area contributed by atoms with E-state index in [1.165, 1.54) is 17.8 Å². The lowest BCUT2D eigenvalue weighted by Gasteiger charge is -1.87. The molecule has 0 saturated heterocycles. The van der Waals surface area contributed by atoms with Crippen LogP contribution in [0.1, 0.15) is 6.92 Å². The first-order valence-corrected chi connectivity index (χ1v) is 3.34. The molecule has 0 radical (unpaired) electrons. The summed E-state index contributed by atoms with van der Waals surface area (Å²) in [6.07, 6.45) is 3.03. The third kappa shape index (κ3) is 3.74. The zero-order valence-electron chi connectivity index (χ0n) is 4.84. The highest BCUT2D eigenvalue weighted by molar-refractivity contribution is 8.02. The number of carboxylic acids is 1. The number of carboxylic acid groups (broad SMARTS) is 1. The summed E-state index contributed by atoms with van der Waals surface area (Å²) in [5.74, 6) is -0.878. The summed E-state index contributed by atoms with van der Waals surface area (Å²) in [7, 11) is 0. The van der Waals surface area contributed by atoms with Crippen LogP contribution < -0.4 is 0 Å². The van der Waals surface area contributed by atoms with Gasteiger partial charge in [-0.25, -0.2) is 4.79 Å². The fourth-order valence-corrected chi connectivity index (χ4v) is 0.451. The van der Waals surface area contributed by atoms with Crippen LogP contribution in [0, 0.1) is 0 Å². The van der Waals surface area contributed by atoms with E-state index in [9.17, 15) is 4.79 Å². The van der Waals surface area contributed by atoms with Gasteiger partial charge in [0.2, 0.25) is 0 Å². The van der Waals surface area contributed by atoms with E-state index in [0.717, 1.165) is 4.91 Å². The summed E-state index contributed by atoms with van der Waals surface area (Å²) >= 11 is 1.43. The molecule has 0 unspecified atom stereocenters. The number of rotatable bonds is 2. The maximum absolute atomic E-state index is 9.88. The summed E-state index contributed by atoms with van der Waals surface area (Å²) in [6, 6.07) is 0. The largest absolute Gasteiger partial charge is 0.478 e. The zero-order valence-corrected chi connectivity index (χ0v) is 5.66. The second-order valence-electron chi connectivity index (χ2n) is 1.30. The Morgan fingerprint density at radius 3 is 2.38 bits per heavy atom. The summed E-state index contributed by atoms with van der Waals surface area (Å²) in [6.45, 7) is 1.76. The molecule has 0 aliphatic heterocycles. The molecule has 0 aliphatic carbocycles. The second-order valence-corrected chi connectivity index (χ2v) is 2.35. The molecule has 0 bridgehead atoms. The van der Waals surface area contributed by atoms with Crippen molar-refractivity contribution in [2.75, 3.05) is 6.26 Å². The average molecular weight is 132 g/mol. The van der Waals surface area contributed by atoms with E-state index in [-0.39, 0.29) is 0 Å². The Morgan fingerprint density at radius 1 is 1.75 bits per heavy atom. The van der Waals surface area contributed by atoms with Gasteiger partial charge < -0.3 is 5.11 Å². The quantitative estimate of drug-likeness (QED) is 0.576. The van der Waals surface area contributed by atoms with Crippen molar-refractivity contribution in [2.45, 2.75) is 6.92 Å². The summed E-state index contributed by atoms with van der Waals surface area (Å²) in [4.78, 5) is 10.7. The molecule has 0 heterocycles. The van der Waals surface area contributed by atoms with Gasteiger partial charge in [-0.2, -0.15) is 0 Å². The van der Waals surface area contributed by atoms with Crippen molar-refractivity contribution in [3.63, 3.8) is 0 Å². The fraction of sp³-hybridized carbons (Fsp3) is 0.400. The molecule has 0 aromatic rings. The minimum absolute atomic E-state index is 0.817. The minimum Gasteiger partial charge on any atom is -0.478 e. The van der Waals surface area contributed by atoms with E-state index in [4.69, 9.17) is 5.11 Å². The van der Waals surface area contributed by atoms with Gasteiger partial charge in [0.15, 0.2) is 0 Å². The lowest BCUT2D eigenvalue weighted by molar-refractivity contribution is -0.131. The van der Waals surface area contributed by atoms with E-state index in [1.54, 1.807) is 6.92 Å². The smallest absolute Gasteiger partial charge is 0.329 e. The minimum atomic E-state index is -0.878. The van der Waals surface area contributed by atoms with Crippen LogP contribution in [0.4, 0.5) is 0 Å².